The zero-order chi connectivity index (χ0) is 18.2. The number of ether oxygens (including phenoxy) is 2. The Morgan fingerprint density at radius 2 is 1.73 bits per heavy atom. The van der Waals surface area contributed by atoms with Gasteiger partial charge in [0, 0.05) is 6.54 Å². The first-order chi connectivity index (χ1) is 12.8. The van der Waals surface area contributed by atoms with E-state index in [-0.39, 0.29) is 18.7 Å². The Labute approximate surface area is 155 Å². The summed E-state index contributed by atoms with van der Waals surface area (Å²) >= 11 is 0. The van der Waals surface area contributed by atoms with Crippen LogP contribution in [0.3, 0.4) is 0 Å². The van der Waals surface area contributed by atoms with Crippen molar-refractivity contribution in [3.05, 3.63) is 83.6 Å². The smallest absolute Gasteiger partial charge is 0.410 e. The number of hydrogen-bond donors (Lipinski definition) is 0. The average molecular weight is 351 g/mol. The van der Waals surface area contributed by atoms with Gasteiger partial charge in [-0.1, -0.05) is 60.7 Å². The Balaban J connectivity index is 1.73. The number of hydrogen-bond acceptors (Lipinski definition) is 3. The molecule has 0 radical (unpaired) electrons. The predicted octanol–water partition coefficient (Wildman–Crippen LogP) is 4.56. The van der Waals surface area contributed by atoms with E-state index in [9.17, 15) is 4.79 Å². The summed E-state index contributed by atoms with van der Waals surface area (Å²) in [5, 5.41) is 0. The predicted molar refractivity (Wildman–Crippen MR) is 102 cm³/mol. The van der Waals surface area contributed by atoms with Crippen molar-refractivity contribution in [3.8, 4) is 0 Å². The second-order valence-electron chi connectivity index (χ2n) is 6.47. The SMILES string of the molecule is COC=C1CCCN(C(=O)OCc2ccccc2)C1Cc1ccccc1. The van der Waals surface area contributed by atoms with Crippen LogP contribution < -0.4 is 0 Å². The molecule has 0 aromatic heterocycles. The lowest BCUT2D eigenvalue weighted by molar-refractivity contribution is 0.0785. The van der Waals surface area contributed by atoms with Gasteiger partial charge in [-0.25, -0.2) is 4.79 Å². The molecule has 26 heavy (non-hydrogen) atoms. The highest BCUT2D eigenvalue weighted by Gasteiger charge is 2.31. The van der Waals surface area contributed by atoms with Gasteiger partial charge >= 0.3 is 6.09 Å². The first-order valence-electron chi connectivity index (χ1n) is 9.01. The van der Waals surface area contributed by atoms with Gasteiger partial charge in [-0.2, -0.15) is 0 Å². The fraction of sp³-hybridized carbons (Fsp3) is 0.318. The highest BCUT2D eigenvalue weighted by atomic mass is 16.6. The van der Waals surface area contributed by atoms with E-state index in [1.165, 1.54) is 5.56 Å². The maximum atomic E-state index is 12.8. The molecule has 1 amide bonds. The van der Waals surface area contributed by atoms with Gasteiger partial charge in [0.25, 0.3) is 0 Å². The summed E-state index contributed by atoms with van der Waals surface area (Å²) in [4.78, 5) is 14.6. The number of carbonyl (C=O) groups excluding carboxylic acids is 1. The molecule has 2 aromatic rings. The summed E-state index contributed by atoms with van der Waals surface area (Å²) < 4.78 is 10.8. The van der Waals surface area contributed by atoms with E-state index in [0.29, 0.717) is 6.54 Å². The van der Waals surface area contributed by atoms with Crippen LogP contribution in [0.15, 0.2) is 72.5 Å². The van der Waals surface area contributed by atoms with Crippen LogP contribution in [0.25, 0.3) is 0 Å². The number of likely N-dealkylation sites (tertiary alicyclic amines) is 1. The Hall–Kier alpha value is -2.75. The minimum Gasteiger partial charge on any atom is -0.504 e. The third kappa shape index (κ3) is 4.66. The number of piperidine rings is 1. The summed E-state index contributed by atoms with van der Waals surface area (Å²) in [5.74, 6) is 0. The van der Waals surface area contributed by atoms with E-state index in [0.717, 1.165) is 30.4 Å². The highest BCUT2D eigenvalue weighted by Crippen LogP contribution is 2.27. The summed E-state index contributed by atoms with van der Waals surface area (Å²) in [6.07, 6.45) is 4.13. The molecule has 4 heteroatoms. The molecule has 1 atom stereocenters. The second-order valence-corrected chi connectivity index (χ2v) is 6.47. The van der Waals surface area contributed by atoms with Gasteiger partial charge in [-0.05, 0) is 36.0 Å². The largest absolute Gasteiger partial charge is 0.504 e. The molecule has 0 bridgehead atoms. The number of carbonyl (C=O) groups is 1. The topological polar surface area (TPSA) is 38.8 Å². The van der Waals surface area contributed by atoms with E-state index in [2.05, 4.69) is 12.1 Å². The van der Waals surface area contributed by atoms with Gasteiger partial charge < -0.3 is 14.4 Å². The van der Waals surface area contributed by atoms with Gasteiger partial charge in [0.1, 0.15) is 6.61 Å². The van der Waals surface area contributed by atoms with E-state index in [1.54, 1.807) is 13.4 Å². The van der Waals surface area contributed by atoms with Crippen molar-refractivity contribution in [2.24, 2.45) is 0 Å². The van der Waals surface area contributed by atoms with E-state index < -0.39 is 0 Å². The van der Waals surface area contributed by atoms with Gasteiger partial charge in [0.15, 0.2) is 0 Å². The highest BCUT2D eigenvalue weighted by molar-refractivity contribution is 5.69. The fourth-order valence-electron chi connectivity index (χ4n) is 3.36. The first-order valence-corrected chi connectivity index (χ1v) is 9.01. The molecule has 1 fully saturated rings. The monoisotopic (exact) mass is 351 g/mol. The minimum atomic E-state index is -0.267. The lowest BCUT2D eigenvalue weighted by Crippen LogP contribution is -2.46. The number of benzene rings is 2. The van der Waals surface area contributed by atoms with Crippen molar-refractivity contribution in [3.63, 3.8) is 0 Å². The van der Waals surface area contributed by atoms with Crippen LogP contribution in [0.1, 0.15) is 24.0 Å². The number of rotatable bonds is 5. The van der Waals surface area contributed by atoms with Crippen LogP contribution in [0, 0.1) is 0 Å². The number of nitrogens with zero attached hydrogens (tertiary/aromatic N) is 1. The van der Waals surface area contributed by atoms with Crippen molar-refractivity contribution in [2.75, 3.05) is 13.7 Å². The van der Waals surface area contributed by atoms with Crippen molar-refractivity contribution in [1.82, 2.24) is 4.90 Å². The van der Waals surface area contributed by atoms with E-state index in [4.69, 9.17) is 9.47 Å². The lowest BCUT2D eigenvalue weighted by atomic mass is 9.91. The van der Waals surface area contributed by atoms with Crippen LogP contribution in [0.2, 0.25) is 0 Å². The molecule has 4 nitrogen and oxygen atoms in total. The third-order valence-electron chi connectivity index (χ3n) is 4.65. The Kier molecular flexibility index (Phi) is 6.31. The van der Waals surface area contributed by atoms with Crippen LogP contribution in [0.5, 0.6) is 0 Å². The molecule has 1 unspecified atom stereocenters. The van der Waals surface area contributed by atoms with Crippen molar-refractivity contribution in [1.29, 1.82) is 0 Å². The molecule has 1 saturated heterocycles. The normalized spacial score (nSPS) is 18.6. The molecule has 1 aliphatic heterocycles. The van der Waals surface area contributed by atoms with Crippen LogP contribution in [-0.2, 0) is 22.5 Å². The van der Waals surface area contributed by atoms with Gasteiger partial charge in [-0.15, -0.1) is 0 Å². The summed E-state index contributed by atoms with van der Waals surface area (Å²) in [6, 6.07) is 20.0. The maximum absolute atomic E-state index is 12.8. The van der Waals surface area contributed by atoms with Crippen LogP contribution >= 0.6 is 0 Å². The van der Waals surface area contributed by atoms with Crippen molar-refractivity contribution in [2.45, 2.75) is 31.9 Å². The molecule has 2 aromatic carbocycles. The number of methoxy groups -OCH3 is 1. The minimum absolute atomic E-state index is 0.0330. The van der Waals surface area contributed by atoms with Crippen LogP contribution in [0.4, 0.5) is 4.79 Å². The van der Waals surface area contributed by atoms with Gasteiger partial charge in [0.05, 0.1) is 19.4 Å². The molecule has 0 aliphatic carbocycles. The summed E-state index contributed by atoms with van der Waals surface area (Å²) in [5.41, 5.74) is 3.33. The molecule has 1 heterocycles. The van der Waals surface area contributed by atoms with Crippen molar-refractivity contribution < 1.29 is 14.3 Å². The van der Waals surface area contributed by atoms with Crippen molar-refractivity contribution >= 4 is 6.09 Å². The molecule has 136 valence electrons. The van der Waals surface area contributed by atoms with E-state index in [1.807, 2.05) is 53.4 Å². The molecule has 0 spiro atoms. The standard InChI is InChI=1S/C22H25NO3/c1-25-17-20-13-8-14-23(21(20)15-18-9-4-2-5-10-18)22(24)26-16-19-11-6-3-7-12-19/h2-7,9-12,17,21H,8,13-16H2,1H3. The third-order valence-corrected chi connectivity index (χ3v) is 4.65. The zero-order valence-electron chi connectivity index (χ0n) is 15.1. The second kappa shape index (κ2) is 9.09. The maximum Gasteiger partial charge on any atom is 0.410 e. The van der Waals surface area contributed by atoms with Gasteiger partial charge in [-0.3, -0.25) is 0 Å². The van der Waals surface area contributed by atoms with Crippen LogP contribution in [-0.4, -0.2) is 30.7 Å². The Morgan fingerprint density at radius 1 is 1.08 bits per heavy atom. The fourth-order valence-corrected chi connectivity index (χ4v) is 3.36. The zero-order valence-corrected chi connectivity index (χ0v) is 15.1. The molecule has 0 saturated carbocycles. The molecular formula is C22H25NO3. The Morgan fingerprint density at radius 3 is 2.38 bits per heavy atom. The molecule has 3 rings (SSSR count). The summed E-state index contributed by atoms with van der Waals surface area (Å²) in [7, 11) is 1.65. The summed E-state index contributed by atoms with van der Waals surface area (Å²) in [6.45, 7) is 0.990. The Bertz CT molecular complexity index is 728. The number of amides is 1. The molecule has 0 N–H and O–H groups in total. The average Bonchev–Trinajstić information content (AvgIpc) is 2.69. The van der Waals surface area contributed by atoms with Gasteiger partial charge in [0.2, 0.25) is 0 Å². The first kappa shape index (κ1) is 18.1. The van der Waals surface area contributed by atoms with E-state index >= 15 is 0 Å². The quantitative estimate of drug-likeness (QED) is 0.741. The lowest BCUT2D eigenvalue weighted by Gasteiger charge is -2.36. The molecular weight excluding hydrogens is 326 g/mol. The molecule has 1 aliphatic rings.